The van der Waals surface area contributed by atoms with Crippen molar-refractivity contribution in [2.24, 2.45) is 5.92 Å². The van der Waals surface area contributed by atoms with Crippen LogP contribution in [0.5, 0.6) is 0 Å². The van der Waals surface area contributed by atoms with Crippen molar-refractivity contribution in [2.45, 2.75) is 18.8 Å². The number of halogens is 3. The van der Waals surface area contributed by atoms with Gasteiger partial charge in [0.25, 0.3) is 5.92 Å². The van der Waals surface area contributed by atoms with Gasteiger partial charge in [0.2, 0.25) is 0 Å². The zero-order valence-corrected chi connectivity index (χ0v) is 8.85. The van der Waals surface area contributed by atoms with Crippen LogP contribution < -0.4 is 5.32 Å². The minimum Gasteiger partial charge on any atom is -0.311 e. The summed E-state index contributed by atoms with van der Waals surface area (Å²) in [4.78, 5) is 0. The molecule has 0 aromatic heterocycles. The summed E-state index contributed by atoms with van der Waals surface area (Å²) in [6.45, 7) is 0.336. The van der Waals surface area contributed by atoms with Crippen LogP contribution >= 0.6 is 0 Å². The average molecular weight is 229 g/mol. The van der Waals surface area contributed by atoms with Crippen LogP contribution in [0, 0.1) is 11.7 Å². The van der Waals surface area contributed by atoms with Gasteiger partial charge in [-0.15, -0.1) is 0 Å². The van der Waals surface area contributed by atoms with Gasteiger partial charge >= 0.3 is 0 Å². The highest BCUT2D eigenvalue weighted by Crippen LogP contribution is 2.32. The van der Waals surface area contributed by atoms with E-state index in [1.54, 1.807) is 12.1 Å². The van der Waals surface area contributed by atoms with Crippen LogP contribution in [0.25, 0.3) is 0 Å². The molecule has 0 radical (unpaired) electrons. The van der Waals surface area contributed by atoms with E-state index in [1.807, 2.05) is 0 Å². The highest BCUT2D eigenvalue weighted by atomic mass is 19.3. The summed E-state index contributed by atoms with van der Waals surface area (Å²) in [6.07, 6.45) is 0.677. The van der Waals surface area contributed by atoms with Gasteiger partial charge in [0.05, 0.1) is 6.54 Å². The van der Waals surface area contributed by atoms with Gasteiger partial charge in [0.15, 0.2) is 0 Å². The lowest BCUT2D eigenvalue weighted by atomic mass is 9.88. The smallest absolute Gasteiger partial charge is 0.263 e. The lowest BCUT2D eigenvalue weighted by molar-refractivity contribution is -0.0727. The van der Waals surface area contributed by atoms with Gasteiger partial charge < -0.3 is 5.32 Å². The van der Waals surface area contributed by atoms with Crippen LogP contribution in [0.3, 0.4) is 0 Å². The number of alkyl halides is 2. The van der Waals surface area contributed by atoms with Crippen LogP contribution in [-0.2, 0) is 6.42 Å². The van der Waals surface area contributed by atoms with E-state index in [1.165, 1.54) is 12.1 Å². The monoisotopic (exact) mass is 229 g/mol. The molecule has 1 aromatic carbocycles. The Balaban J connectivity index is 2.08. The van der Waals surface area contributed by atoms with Crippen molar-refractivity contribution in [3.05, 3.63) is 35.6 Å². The van der Waals surface area contributed by atoms with Crippen LogP contribution in [0.1, 0.15) is 12.0 Å². The number of hydrogen-bond donors (Lipinski definition) is 1. The van der Waals surface area contributed by atoms with Gasteiger partial charge in [0, 0.05) is 5.92 Å². The van der Waals surface area contributed by atoms with E-state index < -0.39 is 11.8 Å². The maximum absolute atomic E-state index is 13.5. The van der Waals surface area contributed by atoms with Crippen LogP contribution in [-0.4, -0.2) is 19.0 Å². The zero-order chi connectivity index (χ0) is 11.6. The van der Waals surface area contributed by atoms with Crippen LogP contribution in [0.2, 0.25) is 0 Å². The molecular weight excluding hydrogens is 215 g/mol. The molecule has 4 heteroatoms. The Morgan fingerprint density at radius 3 is 2.88 bits per heavy atom. The van der Waals surface area contributed by atoms with Crippen molar-refractivity contribution in [3.8, 4) is 0 Å². The van der Waals surface area contributed by atoms with E-state index in [0.29, 0.717) is 18.5 Å². The van der Waals surface area contributed by atoms with Gasteiger partial charge in [-0.05, 0) is 37.1 Å². The summed E-state index contributed by atoms with van der Waals surface area (Å²) in [6, 6.07) is 5.91. The summed E-state index contributed by atoms with van der Waals surface area (Å²) in [5.41, 5.74) is 0.645. The highest BCUT2D eigenvalue weighted by molar-refractivity contribution is 5.17. The third-order valence-electron chi connectivity index (χ3n) is 3.00. The fourth-order valence-electron chi connectivity index (χ4n) is 2.09. The highest BCUT2D eigenvalue weighted by Gasteiger charge is 2.41. The van der Waals surface area contributed by atoms with Crippen molar-refractivity contribution < 1.29 is 13.2 Å². The molecule has 1 heterocycles. The lowest BCUT2D eigenvalue weighted by Gasteiger charge is -2.31. The van der Waals surface area contributed by atoms with Crippen molar-refractivity contribution in [3.63, 3.8) is 0 Å². The Morgan fingerprint density at radius 1 is 1.38 bits per heavy atom. The number of nitrogens with one attached hydrogen (secondary N) is 1. The number of benzene rings is 1. The molecule has 0 amide bonds. The fraction of sp³-hybridized carbons (Fsp3) is 0.500. The van der Waals surface area contributed by atoms with E-state index in [-0.39, 0.29) is 18.8 Å². The van der Waals surface area contributed by atoms with Gasteiger partial charge in [-0.2, -0.15) is 0 Å². The Hall–Kier alpha value is -1.03. The third-order valence-corrected chi connectivity index (χ3v) is 3.00. The van der Waals surface area contributed by atoms with E-state index in [4.69, 9.17) is 0 Å². The Labute approximate surface area is 92.7 Å². The molecule has 1 atom stereocenters. The first-order chi connectivity index (χ1) is 7.58. The second-order valence-corrected chi connectivity index (χ2v) is 4.26. The molecule has 0 aliphatic carbocycles. The average Bonchev–Trinajstić information content (AvgIpc) is 2.21. The topological polar surface area (TPSA) is 12.0 Å². The minimum absolute atomic E-state index is 0.242. The lowest BCUT2D eigenvalue weighted by Crippen LogP contribution is -2.46. The molecule has 1 aliphatic rings. The summed E-state index contributed by atoms with van der Waals surface area (Å²) < 4.78 is 39.9. The predicted molar refractivity (Wildman–Crippen MR) is 56.0 cm³/mol. The van der Waals surface area contributed by atoms with Crippen molar-refractivity contribution in [1.29, 1.82) is 0 Å². The van der Waals surface area contributed by atoms with Crippen molar-refractivity contribution >= 4 is 0 Å². The van der Waals surface area contributed by atoms with E-state index >= 15 is 0 Å². The first kappa shape index (κ1) is 11.5. The molecule has 16 heavy (non-hydrogen) atoms. The van der Waals surface area contributed by atoms with Crippen molar-refractivity contribution in [1.82, 2.24) is 5.32 Å². The summed E-state index contributed by atoms with van der Waals surface area (Å²) in [7, 11) is 0. The van der Waals surface area contributed by atoms with E-state index in [2.05, 4.69) is 5.32 Å². The molecule has 1 aliphatic heterocycles. The second kappa shape index (κ2) is 4.45. The minimum atomic E-state index is -2.69. The molecule has 0 saturated carbocycles. The van der Waals surface area contributed by atoms with E-state index in [0.717, 1.165) is 0 Å². The number of rotatable bonds is 2. The molecule has 1 saturated heterocycles. The molecule has 1 fully saturated rings. The Kier molecular flexibility index (Phi) is 3.19. The molecule has 0 spiro atoms. The van der Waals surface area contributed by atoms with Gasteiger partial charge in [-0.3, -0.25) is 0 Å². The zero-order valence-electron chi connectivity index (χ0n) is 8.85. The molecule has 1 aromatic rings. The summed E-state index contributed by atoms with van der Waals surface area (Å²) in [5.74, 6) is -3.74. The maximum Gasteiger partial charge on any atom is 0.263 e. The van der Waals surface area contributed by atoms with Crippen molar-refractivity contribution in [2.75, 3.05) is 13.1 Å². The first-order valence-electron chi connectivity index (χ1n) is 5.41. The maximum atomic E-state index is 13.5. The molecule has 1 nitrogen and oxygen atoms in total. The SMILES string of the molecule is Fc1cccc(CC2CCNCC2(F)F)c1. The second-order valence-electron chi connectivity index (χ2n) is 4.26. The Morgan fingerprint density at radius 2 is 2.19 bits per heavy atom. The summed E-state index contributed by atoms with van der Waals surface area (Å²) >= 11 is 0. The van der Waals surface area contributed by atoms with Gasteiger partial charge in [0.1, 0.15) is 5.82 Å². The summed E-state index contributed by atoms with van der Waals surface area (Å²) in [5, 5.41) is 2.68. The molecule has 2 rings (SSSR count). The quantitative estimate of drug-likeness (QED) is 0.822. The third kappa shape index (κ3) is 2.55. The predicted octanol–water partition coefficient (Wildman–Crippen LogP) is 2.61. The van der Waals surface area contributed by atoms with Gasteiger partial charge in [-0.25, -0.2) is 13.2 Å². The molecule has 1 unspecified atom stereocenters. The molecular formula is C12H14F3N. The Bertz CT molecular complexity index is 365. The standard InChI is InChI=1S/C12H14F3N/c13-11-3-1-2-9(7-11)6-10-4-5-16-8-12(10,14)15/h1-3,7,10,16H,4-6,8H2. The molecule has 0 bridgehead atoms. The van der Waals surface area contributed by atoms with E-state index in [9.17, 15) is 13.2 Å². The van der Waals surface area contributed by atoms with Crippen LogP contribution in [0.4, 0.5) is 13.2 Å². The molecule has 1 N–H and O–H groups in total. The number of piperidine rings is 1. The fourth-order valence-corrected chi connectivity index (χ4v) is 2.09. The number of hydrogen-bond acceptors (Lipinski definition) is 1. The largest absolute Gasteiger partial charge is 0.311 e. The normalized spacial score (nSPS) is 24.3. The van der Waals surface area contributed by atoms with Crippen LogP contribution in [0.15, 0.2) is 24.3 Å². The first-order valence-corrected chi connectivity index (χ1v) is 5.41. The molecule has 88 valence electrons. The van der Waals surface area contributed by atoms with Gasteiger partial charge in [-0.1, -0.05) is 12.1 Å².